The summed E-state index contributed by atoms with van der Waals surface area (Å²) in [6.45, 7) is -2.30. The highest BCUT2D eigenvalue weighted by molar-refractivity contribution is 5.54. The predicted octanol–water partition coefficient (Wildman–Crippen LogP) is 2.96. The van der Waals surface area contributed by atoms with Crippen molar-refractivity contribution in [3.8, 4) is 0 Å². The molecule has 0 aliphatic rings. The van der Waals surface area contributed by atoms with E-state index in [4.69, 9.17) is 0 Å². The molecule has 2 rings (SSSR count). The van der Waals surface area contributed by atoms with Crippen molar-refractivity contribution in [3.63, 3.8) is 0 Å². The quantitative estimate of drug-likeness (QED) is 0.903. The summed E-state index contributed by atoms with van der Waals surface area (Å²) in [6, 6.07) is 7.74. The molecular weight excluding hydrogens is 250 g/mol. The summed E-state index contributed by atoms with van der Waals surface area (Å²) in [7, 11) is 3.92. The lowest BCUT2D eigenvalue weighted by molar-refractivity contribution is 0.0673. The van der Waals surface area contributed by atoms with Crippen molar-refractivity contribution in [3.05, 3.63) is 42.5 Å². The molecule has 1 heterocycles. The number of imidazole rings is 1. The first kappa shape index (κ1) is 13.3. The van der Waals surface area contributed by atoms with Crippen LogP contribution >= 0.6 is 0 Å². The Bertz CT molecular complexity index is 520. The van der Waals surface area contributed by atoms with Gasteiger partial charge in [0.25, 0.3) is 0 Å². The number of nitrogens with one attached hydrogen (secondary N) is 1. The van der Waals surface area contributed by atoms with Crippen LogP contribution in [0.1, 0.15) is 12.4 Å². The van der Waals surface area contributed by atoms with Crippen molar-refractivity contribution in [1.29, 1.82) is 0 Å². The Kier molecular flexibility index (Phi) is 3.99. The summed E-state index contributed by atoms with van der Waals surface area (Å²) in [4.78, 5) is 5.90. The molecule has 1 N–H and O–H groups in total. The fourth-order valence-electron chi connectivity index (χ4n) is 1.72. The summed E-state index contributed by atoms with van der Waals surface area (Å²) in [5.41, 5.74) is 1.95. The maximum atomic E-state index is 12.6. The second kappa shape index (κ2) is 5.69. The highest BCUT2D eigenvalue weighted by Gasteiger charge is 2.10. The summed E-state index contributed by atoms with van der Waals surface area (Å²) in [6.07, 6.45) is 2.65. The molecule has 1 aromatic carbocycles. The van der Waals surface area contributed by atoms with Gasteiger partial charge >= 0.3 is 6.55 Å². The first-order chi connectivity index (χ1) is 9.08. The molecule has 0 atom stereocenters. The average molecular weight is 266 g/mol. The van der Waals surface area contributed by atoms with Crippen LogP contribution in [0, 0.1) is 0 Å². The van der Waals surface area contributed by atoms with Crippen LogP contribution in [0.2, 0.25) is 0 Å². The van der Waals surface area contributed by atoms with E-state index in [2.05, 4.69) is 10.3 Å². The molecule has 0 fully saturated rings. The number of anilines is 2. The van der Waals surface area contributed by atoms with E-state index in [1.165, 1.54) is 12.4 Å². The SMILES string of the molecule is CN(C)c1ccc(NCc2nccn2C(F)F)cc1. The largest absolute Gasteiger partial charge is 0.378 e. The van der Waals surface area contributed by atoms with E-state index in [0.29, 0.717) is 5.82 Å². The van der Waals surface area contributed by atoms with E-state index in [-0.39, 0.29) is 6.54 Å². The molecule has 0 saturated carbocycles. The normalized spacial score (nSPS) is 10.8. The molecule has 0 spiro atoms. The maximum Gasteiger partial charge on any atom is 0.319 e. The lowest BCUT2D eigenvalue weighted by Crippen LogP contribution is -2.10. The van der Waals surface area contributed by atoms with Crippen LogP contribution in [0.5, 0.6) is 0 Å². The second-order valence-corrected chi connectivity index (χ2v) is 4.32. The molecule has 2 aromatic rings. The molecule has 0 aliphatic carbocycles. The van der Waals surface area contributed by atoms with Gasteiger partial charge in [0, 0.05) is 37.9 Å². The third kappa shape index (κ3) is 3.21. The van der Waals surface area contributed by atoms with E-state index in [1.54, 1.807) is 0 Å². The number of hydrogen-bond acceptors (Lipinski definition) is 3. The summed E-state index contributed by atoms with van der Waals surface area (Å²) >= 11 is 0. The Morgan fingerprint density at radius 3 is 2.53 bits per heavy atom. The van der Waals surface area contributed by atoms with Crippen molar-refractivity contribution in [2.75, 3.05) is 24.3 Å². The van der Waals surface area contributed by atoms with Crippen LogP contribution in [0.15, 0.2) is 36.7 Å². The minimum atomic E-state index is -2.56. The van der Waals surface area contributed by atoms with E-state index < -0.39 is 6.55 Å². The Labute approximate surface area is 110 Å². The zero-order valence-electron chi connectivity index (χ0n) is 10.8. The number of benzene rings is 1. The van der Waals surface area contributed by atoms with Crippen LogP contribution in [-0.2, 0) is 6.54 Å². The topological polar surface area (TPSA) is 33.1 Å². The van der Waals surface area contributed by atoms with Gasteiger partial charge in [-0.25, -0.2) is 4.98 Å². The second-order valence-electron chi connectivity index (χ2n) is 4.32. The monoisotopic (exact) mass is 266 g/mol. The molecular formula is C13H16F2N4. The van der Waals surface area contributed by atoms with E-state index in [9.17, 15) is 8.78 Å². The van der Waals surface area contributed by atoms with Crippen molar-refractivity contribution in [2.45, 2.75) is 13.1 Å². The van der Waals surface area contributed by atoms with E-state index >= 15 is 0 Å². The Balaban J connectivity index is 2.00. The molecule has 0 radical (unpaired) electrons. The number of aromatic nitrogens is 2. The van der Waals surface area contributed by atoms with Gasteiger partial charge in [-0.05, 0) is 24.3 Å². The number of hydrogen-bond donors (Lipinski definition) is 1. The first-order valence-electron chi connectivity index (χ1n) is 5.89. The van der Waals surface area contributed by atoms with Crippen molar-refractivity contribution in [1.82, 2.24) is 9.55 Å². The van der Waals surface area contributed by atoms with Gasteiger partial charge < -0.3 is 10.2 Å². The van der Waals surface area contributed by atoms with Gasteiger partial charge in [-0.15, -0.1) is 0 Å². The van der Waals surface area contributed by atoms with Crippen molar-refractivity contribution < 1.29 is 8.78 Å². The van der Waals surface area contributed by atoms with E-state index in [1.807, 2.05) is 43.3 Å². The summed E-state index contributed by atoms with van der Waals surface area (Å²) in [5.74, 6) is 0.312. The molecule has 0 amide bonds. The Morgan fingerprint density at radius 2 is 1.95 bits per heavy atom. The summed E-state index contributed by atoms with van der Waals surface area (Å²) in [5, 5.41) is 3.07. The van der Waals surface area contributed by atoms with Crippen LogP contribution in [0.3, 0.4) is 0 Å². The van der Waals surface area contributed by atoms with Crippen LogP contribution in [0.25, 0.3) is 0 Å². The van der Waals surface area contributed by atoms with Gasteiger partial charge in [0.2, 0.25) is 0 Å². The third-order valence-corrected chi connectivity index (χ3v) is 2.79. The zero-order chi connectivity index (χ0) is 13.8. The minimum Gasteiger partial charge on any atom is -0.378 e. The minimum absolute atomic E-state index is 0.263. The molecule has 0 aliphatic heterocycles. The predicted molar refractivity (Wildman–Crippen MR) is 71.6 cm³/mol. The Hall–Kier alpha value is -2.11. The fourth-order valence-corrected chi connectivity index (χ4v) is 1.72. The molecule has 0 saturated heterocycles. The number of halogens is 2. The van der Waals surface area contributed by atoms with Crippen LogP contribution in [0.4, 0.5) is 20.2 Å². The number of alkyl halides is 2. The Morgan fingerprint density at radius 1 is 1.26 bits per heavy atom. The van der Waals surface area contributed by atoms with Gasteiger partial charge in [-0.1, -0.05) is 0 Å². The average Bonchev–Trinajstić information content (AvgIpc) is 2.85. The van der Waals surface area contributed by atoms with Gasteiger partial charge in [0.15, 0.2) is 0 Å². The third-order valence-electron chi connectivity index (χ3n) is 2.79. The van der Waals surface area contributed by atoms with Gasteiger partial charge in [-0.3, -0.25) is 4.57 Å². The molecule has 0 bridgehead atoms. The van der Waals surface area contributed by atoms with Gasteiger partial charge in [-0.2, -0.15) is 8.78 Å². The summed E-state index contributed by atoms with van der Waals surface area (Å²) < 4.78 is 26.1. The van der Waals surface area contributed by atoms with E-state index in [0.717, 1.165) is 15.9 Å². The van der Waals surface area contributed by atoms with Gasteiger partial charge in [0.1, 0.15) is 5.82 Å². The molecule has 102 valence electrons. The number of rotatable bonds is 5. The van der Waals surface area contributed by atoms with Crippen LogP contribution in [-0.4, -0.2) is 23.6 Å². The number of nitrogens with zero attached hydrogens (tertiary/aromatic N) is 3. The lowest BCUT2D eigenvalue weighted by atomic mass is 10.2. The van der Waals surface area contributed by atoms with Crippen molar-refractivity contribution in [2.24, 2.45) is 0 Å². The smallest absolute Gasteiger partial charge is 0.319 e. The first-order valence-corrected chi connectivity index (χ1v) is 5.89. The molecule has 1 aromatic heterocycles. The zero-order valence-corrected chi connectivity index (χ0v) is 10.8. The van der Waals surface area contributed by atoms with Crippen LogP contribution < -0.4 is 10.2 Å². The lowest BCUT2D eigenvalue weighted by Gasteiger charge is -2.13. The molecule has 0 unspecified atom stereocenters. The highest BCUT2D eigenvalue weighted by atomic mass is 19.3. The highest BCUT2D eigenvalue weighted by Crippen LogP contribution is 2.17. The van der Waals surface area contributed by atoms with Gasteiger partial charge in [0.05, 0.1) is 6.54 Å². The molecule has 6 heteroatoms. The standard InChI is InChI=1S/C13H16F2N4/c1-18(2)11-5-3-10(4-6-11)17-9-12-16-7-8-19(12)13(14)15/h3-8,13,17H,9H2,1-2H3. The molecule has 19 heavy (non-hydrogen) atoms. The fraction of sp³-hybridized carbons (Fsp3) is 0.308. The maximum absolute atomic E-state index is 12.6. The van der Waals surface area contributed by atoms with Crippen molar-refractivity contribution >= 4 is 11.4 Å². The molecule has 4 nitrogen and oxygen atoms in total.